The smallest absolute Gasteiger partial charge is 0.276 e. The second kappa shape index (κ2) is 9.79. The summed E-state index contributed by atoms with van der Waals surface area (Å²) >= 11 is 4.02. The zero-order chi connectivity index (χ0) is 19.3. The molecular formula is C20H32F2O3S2. The standard InChI is InChI=1S/C20H32F2O3S2/c1-2-3-9-19(21,22)17(23)6-4-15-8-10-20(24-11-12-25-20)16(15)5-7-18-26-13-14-27-18/h4,6,15-18,23H,2-3,5,7-14H2,1H3/b6-4+. The number of allylic oxidation sites excluding steroid dienone is 1. The van der Waals surface area contributed by atoms with E-state index in [4.69, 9.17) is 9.47 Å². The summed E-state index contributed by atoms with van der Waals surface area (Å²) in [7, 11) is 0. The number of unbranched alkanes of at least 4 members (excludes halogenated alkanes) is 1. The van der Waals surface area contributed by atoms with Gasteiger partial charge in [0.15, 0.2) is 5.79 Å². The van der Waals surface area contributed by atoms with Gasteiger partial charge in [0.05, 0.1) is 17.8 Å². The molecule has 0 radical (unpaired) electrons. The first kappa shape index (κ1) is 21.9. The third kappa shape index (κ3) is 5.41. The van der Waals surface area contributed by atoms with E-state index in [2.05, 4.69) is 0 Å². The van der Waals surface area contributed by atoms with Gasteiger partial charge < -0.3 is 14.6 Å². The maximum absolute atomic E-state index is 14.1. The van der Waals surface area contributed by atoms with E-state index in [9.17, 15) is 13.9 Å². The number of rotatable bonds is 9. The Bertz CT molecular complexity index is 492. The van der Waals surface area contributed by atoms with Crippen LogP contribution in [0.3, 0.4) is 0 Å². The number of hydrogen-bond acceptors (Lipinski definition) is 5. The number of aliphatic hydroxyl groups excluding tert-OH is 1. The Balaban J connectivity index is 1.63. The van der Waals surface area contributed by atoms with Gasteiger partial charge in [-0.2, -0.15) is 0 Å². The Hall–Kier alpha value is 0.180. The maximum atomic E-state index is 14.1. The molecular weight excluding hydrogens is 390 g/mol. The SMILES string of the molecule is CCCCC(F)(F)C(O)/C=C/C1CCC2(OCCO2)C1CCC1SCCS1. The molecule has 27 heavy (non-hydrogen) atoms. The van der Waals surface area contributed by atoms with Crippen LogP contribution in [0.2, 0.25) is 0 Å². The van der Waals surface area contributed by atoms with Crippen LogP contribution in [-0.2, 0) is 9.47 Å². The first-order valence-corrected chi connectivity index (χ1v) is 12.3. The molecule has 3 rings (SSSR count). The molecule has 0 aromatic rings. The summed E-state index contributed by atoms with van der Waals surface area (Å²) in [6.45, 7) is 3.10. The molecule has 3 aliphatic rings. The van der Waals surface area contributed by atoms with Crippen LogP contribution < -0.4 is 0 Å². The lowest BCUT2D eigenvalue weighted by Crippen LogP contribution is -2.37. The second-order valence-corrected chi connectivity index (χ2v) is 10.7. The third-order valence-corrected chi connectivity index (χ3v) is 9.09. The summed E-state index contributed by atoms with van der Waals surface area (Å²) in [5.74, 6) is -0.888. The van der Waals surface area contributed by atoms with E-state index < -0.39 is 17.8 Å². The van der Waals surface area contributed by atoms with E-state index >= 15 is 0 Å². The molecule has 0 aromatic heterocycles. The van der Waals surface area contributed by atoms with Gasteiger partial charge >= 0.3 is 0 Å². The summed E-state index contributed by atoms with van der Waals surface area (Å²) in [5, 5.41) is 10.0. The molecule has 2 heterocycles. The predicted octanol–water partition coefficient (Wildman–Crippen LogP) is 5.08. The molecule has 2 aliphatic heterocycles. The lowest BCUT2D eigenvalue weighted by Gasteiger charge is -2.32. The Morgan fingerprint density at radius 3 is 2.59 bits per heavy atom. The summed E-state index contributed by atoms with van der Waals surface area (Å²) in [5.41, 5.74) is 0. The molecule has 0 bridgehead atoms. The summed E-state index contributed by atoms with van der Waals surface area (Å²) in [6.07, 6.45) is 6.00. The fourth-order valence-electron chi connectivity index (χ4n) is 4.41. The zero-order valence-corrected chi connectivity index (χ0v) is 17.7. The largest absolute Gasteiger partial charge is 0.383 e. The number of halogens is 2. The molecule has 0 amide bonds. The van der Waals surface area contributed by atoms with Gasteiger partial charge in [-0.05, 0) is 31.6 Å². The van der Waals surface area contributed by atoms with Crippen molar-refractivity contribution in [2.75, 3.05) is 24.7 Å². The lowest BCUT2D eigenvalue weighted by molar-refractivity contribution is -0.185. The average Bonchev–Trinajstić information content (AvgIpc) is 3.39. The summed E-state index contributed by atoms with van der Waals surface area (Å²) in [6, 6.07) is 0. The van der Waals surface area contributed by atoms with Crippen LogP contribution in [0.15, 0.2) is 12.2 Å². The van der Waals surface area contributed by atoms with Crippen LogP contribution in [0.25, 0.3) is 0 Å². The van der Waals surface area contributed by atoms with Crippen LogP contribution in [0.1, 0.15) is 51.9 Å². The van der Waals surface area contributed by atoms with Gasteiger partial charge in [0.25, 0.3) is 5.92 Å². The number of ether oxygens (including phenoxy) is 2. The minimum absolute atomic E-state index is 0.121. The Morgan fingerprint density at radius 1 is 1.22 bits per heavy atom. The van der Waals surface area contributed by atoms with E-state index in [1.54, 1.807) is 0 Å². The molecule has 3 atom stereocenters. The molecule has 7 heteroatoms. The topological polar surface area (TPSA) is 38.7 Å². The van der Waals surface area contributed by atoms with Crippen LogP contribution in [0.5, 0.6) is 0 Å². The van der Waals surface area contributed by atoms with E-state index in [-0.39, 0.29) is 18.3 Å². The molecule has 1 N–H and O–H groups in total. The highest BCUT2D eigenvalue weighted by Crippen LogP contribution is 2.50. The second-order valence-electron chi connectivity index (χ2n) is 7.76. The van der Waals surface area contributed by atoms with E-state index in [1.165, 1.54) is 17.6 Å². The van der Waals surface area contributed by atoms with Gasteiger partial charge in [0.1, 0.15) is 6.10 Å². The van der Waals surface area contributed by atoms with Crippen LogP contribution >= 0.6 is 23.5 Å². The van der Waals surface area contributed by atoms with E-state index in [0.717, 1.165) is 25.7 Å². The fourth-order valence-corrected chi connectivity index (χ4v) is 7.28. The maximum Gasteiger partial charge on any atom is 0.276 e. The summed E-state index contributed by atoms with van der Waals surface area (Å²) in [4.78, 5) is 0. The molecule has 1 saturated carbocycles. The fraction of sp³-hybridized carbons (Fsp3) is 0.900. The van der Waals surface area contributed by atoms with Crippen molar-refractivity contribution < 1.29 is 23.4 Å². The molecule has 3 fully saturated rings. The normalized spacial score (nSPS) is 30.1. The molecule has 1 spiro atoms. The van der Waals surface area contributed by atoms with Gasteiger partial charge in [-0.15, -0.1) is 23.5 Å². The number of hydrogen-bond donors (Lipinski definition) is 1. The van der Waals surface area contributed by atoms with Gasteiger partial charge in [0.2, 0.25) is 0 Å². The highest BCUT2D eigenvalue weighted by molar-refractivity contribution is 8.20. The first-order chi connectivity index (χ1) is 13.0. The Labute approximate surface area is 170 Å². The first-order valence-electron chi connectivity index (χ1n) is 10.2. The van der Waals surface area contributed by atoms with Crippen LogP contribution in [-0.4, -0.2) is 52.2 Å². The van der Waals surface area contributed by atoms with Crippen molar-refractivity contribution in [3.05, 3.63) is 12.2 Å². The monoisotopic (exact) mass is 422 g/mol. The minimum atomic E-state index is -3.06. The van der Waals surface area contributed by atoms with Crippen molar-refractivity contribution in [1.29, 1.82) is 0 Å². The van der Waals surface area contributed by atoms with Crippen molar-refractivity contribution in [2.45, 2.75) is 74.3 Å². The summed E-state index contributed by atoms with van der Waals surface area (Å²) < 4.78 is 40.8. The highest BCUT2D eigenvalue weighted by Gasteiger charge is 2.52. The minimum Gasteiger partial charge on any atom is -0.383 e. The van der Waals surface area contributed by atoms with Crippen LogP contribution in [0.4, 0.5) is 8.78 Å². The van der Waals surface area contributed by atoms with Gasteiger partial charge in [-0.1, -0.05) is 25.5 Å². The van der Waals surface area contributed by atoms with Crippen LogP contribution in [0, 0.1) is 11.8 Å². The number of alkyl halides is 2. The van der Waals surface area contributed by atoms with E-state index in [0.29, 0.717) is 30.6 Å². The van der Waals surface area contributed by atoms with Gasteiger partial charge in [-0.3, -0.25) is 0 Å². The van der Waals surface area contributed by atoms with Crippen molar-refractivity contribution in [3.8, 4) is 0 Å². The number of thioether (sulfide) groups is 2. The highest BCUT2D eigenvalue weighted by atomic mass is 32.2. The predicted molar refractivity (Wildman–Crippen MR) is 108 cm³/mol. The molecule has 3 unspecified atom stereocenters. The Morgan fingerprint density at radius 2 is 1.93 bits per heavy atom. The molecule has 0 aromatic carbocycles. The third-order valence-electron chi connectivity index (χ3n) is 5.93. The molecule has 2 saturated heterocycles. The van der Waals surface area contributed by atoms with Crippen molar-refractivity contribution >= 4 is 23.5 Å². The average molecular weight is 423 g/mol. The van der Waals surface area contributed by atoms with Crippen molar-refractivity contribution in [1.82, 2.24) is 0 Å². The van der Waals surface area contributed by atoms with Gasteiger partial charge in [-0.25, -0.2) is 8.78 Å². The molecule has 1 aliphatic carbocycles. The number of aliphatic hydroxyl groups is 1. The zero-order valence-electron chi connectivity index (χ0n) is 16.1. The molecule has 3 nitrogen and oxygen atoms in total. The quantitative estimate of drug-likeness (QED) is 0.524. The van der Waals surface area contributed by atoms with Crippen molar-refractivity contribution in [2.24, 2.45) is 11.8 Å². The lowest BCUT2D eigenvalue weighted by atomic mass is 9.87. The van der Waals surface area contributed by atoms with Gasteiger partial charge in [0, 0.05) is 30.3 Å². The molecule has 156 valence electrons. The van der Waals surface area contributed by atoms with E-state index in [1.807, 2.05) is 36.5 Å². The van der Waals surface area contributed by atoms with Crippen molar-refractivity contribution in [3.63, 3.8) is 0 Å². The Kier molecular flexibility index (Phi) is 7.93.